The molecule has 108 valence electrons. The lowest BCUT2D eigenvalue weighted by Crippen LogP contribution is -2.49. The largest absolute Gasteiger partial charge is 0.468 e. The molecule has 0 fully saturated rings. The predicted octanol–water partition coefficient (Wildman–Crippen LogP) is 1.91. The van der Waals surface area contributed by atoms with Gasteiger partial charge in [-0.05, 0) is 53.7 Å². The average molecular weight is 267 g/mol. The number of nitrogens with zero attached hydrogens (tertiary/aromatic N) is 2. The summed E-state index contributed by atoms with van der Waals surface area (Å²) in [5, 5.41) is 7.61. The molecule has 1 rings (SSSR count). The molecule has 0 aliphatic carbocycles. The molecule has 5 nitrogen and oxygen atoms in total. The van der Waals surface area contributed by atoms with Gasteiger partial charge in [-0.2, -0.15) is 5.10 Å². The zero-order chi connectivity index (χ0) is 14.8. The fourth-order valence-electron chi connectivity index (χ4n) is 2.36. The summed E-state index contributed by atoms with van der Waals surface area (Å²) in [6.45, 7) is 10.0. The van der Waals surface area contributed by atoms with Gasteiger partial charge < -0.3 is 10.1 Å². The maximum Gasteiger partial charge on any atom is 0.325 e. The van der Waals surface area contributed by atoms with Crippen LogP contribution in [0.1, 0.15) is 43.3 Å². The molecule has 2 atom stereocenters. The van der Waals surface area contributed by atoms with Gasteiger partial charge >= 0.3 is 5.97 Å². The van der Waals surface area contributed by atoms with E-state index in [2.05, 4.69) is 31.2 Å². The summed E-state index contributed by atoms with van der Waals surface area (Å²) in [7, 11) is 3.19. The summed E-state index contributed by atoms with van der Waals surface area (Å²) in [5.41, 5.74) is 2.69. The first-order chi connectivity index (χ1) is 8.76. The lowest BCUT2D eigenvalue weighted by Gasteiger charge is -2.29. The SMILES string of the molecule is CNC(C)(CC(C)n1nc(C)c(C)c1C)C(=O)OC. The standard InChI is InChI=1S/C14H25N3O2/c1-9(8-14(5,15-6)13(18)19-7)17-12(4)10(2)11(3)16-17/h9,15H,8H2,1-7H3. The summed E-state index contributed by atoms with van der Waals surface area (Å²) >= 11 is 0. The van der Waals surface area contributed by atoms with Crippen LogP contribution in [0.25, 0.3) is 0 Å². The quantitative estimate of drug-likeness (QED) is 0.828. The van der Waals surface area contributed by atoms with E-state index in [0.29, 0.717) is 6.42 Å². The second-order valence-electron chi connectivity index (χ2n) is 5.37. The molecule has 19 heavy (non-hydrogen) atoms. The summed E-state index contributed by atoms with van der Waals surface area (Å²) in [4.78, 5) is 11.9. The molecule has 1 aromatic rings. The van der Waals surface area contributed by atoms with E-state index in [1.807, 2.05) is 18.5 Å². The van der Waals surface area contributed by atoms with Crippen LogP contribution in [0.15, 0.2) is 0 Å². The number of likely N-dealkylation sites (N-methyl/N-ethyl adjacent to an activating group) is 1. The first-order valence-electron chi connectivity index (χ1n) is 6.56. The summed E-state index contributed by atoms with van der Waals surface area (Å²) in [6, 6.07) is 0.115. The van der Waals surface area contributed by atoms with Gasteiger partial charge in [-0.3, -0.25) is 9.48 Å². The highest BCUT2D eigenvalue weighted by Crippen LogP contribution is 2.24. The molecule has 0 aliphatic heterocycles. The van der Waals surface area contributed by atoms with E-state index in [9.17, 15) is 4.79 Å². The Labute approximate surface area is 115 Å². The molecule has 0 bridgehead atoms. The monoisotopic (exact) mass is 267 g/mol. The molecule has 0 amide bonds. The first-order valence-corrected chi connectivity index (χ1v) is 6.56. The van der Waals surface area contributed by atoms with Gasteiger partial charge in [-0.15, -0.1) is 0 Å². The smallest absolute Gasteiger partial charge is 0.325 e. The summed E-state index contributed by atoms with van der Waals surface area (Å²) < 4.78 is 6.86. The molecule has 0 aromatic carbocycles. The highest BCUT2D eigenvalue weighted by atomic mass is 16.5. The molecule has 5 heteroatoms. The van der Waals surface area contributed by atoms with Crippen LogP contribution in [0.3, 0.4) is 0 Å². The number of carbonyl (C=O) groups is 1. The van der Waals surface area contributed by atoms with Gasteiger partial charge in [0.1, 0.15) is 5.54 Å². The number of hydrogen-bond donors (Lipinski definition) is 1. The van der Waals surface area contributed by atoms with Crippen molar-refractivity contribution in [3.05, 3.63) is 17.0 Å². The summed E-state index contributed by atoms with van der Waals surface area (Å²) in [5.74, 6) is -0.250. The molecule has 1 N–H and O–H groups in total. The van der Waals surface area contributed by atoms with Crippen LogP contribution in [0.2, 0.25) is 0 Å². The molecule has 0 saturated heterocycles. The minimum Gasteiger partial charge on any atom is -0.468 e. The van der Waals surface area contributed by atoms with Crippen LogP contribution in [-0.2, 0) is 9.53 Å². The van der Waals surface area contributed by atoms with Crippen molar-refractivity contribution in [1.29, 1.82) is 0 Å². The Morgan fingerprint density at radius 1 is 1.47 bits per heavy atom. The number of hydrogen-bond acceptors (Lipinski definition) is 4. The van der Waals surface area contributed by atoms with E-state index in [1.54, 1.807) is 7.05 Å². The van der Waals surface area contributed by atoms with E-state index >= 15 is 0 Å². The Morgan fingerprint density at radius 2 is 2.05 bits per heavy atom. The van der Waals surface area contributed by atoms with Gasteiger partial charge in [-0.1, -0.05) is 0 Å². The Kier molecular flexibility index (Phi) is 4.74. The fourth-order valence-corrected chi connectivity index (χ4v) is 2.36. The van der Waals surface area contributed by atoms with Crippen molar-refractivity contribution in [2.24, 2.45) is 0 Å². The highest BCUT2D eigenvalue weighted by Gasteiger charge is 2.35. The van der Waals surface area contributed by atoms with Crippen LogP contribution in [-0.4, -0.2) is 35.4 Å². The number of ether oxygens (including phenoxy) is 1. The number of esters is 1. The molecule has 1 heterocycles. The van der Waals surface area contributed by atoms with Crippen molar-refractivity contribution in [3.8, 4) is 0 Å². The zero-order valence-corrected chi connectivity index (χ0v) is 13.0. The lowest BCUT2D eigenvalue weighted by atomic mass is 9.94. The predicted molar refractivity (Wildman–Crippen MR) is 75.2 cm³/mol. The van der Waals surface area contributed by atoms with Crippen molar-refractivity contribution in [3.63, 3.8) is 0 Å². The van der Waals surface area contributed by atoms with Crippen molar-refractivity contribution in [2.45, 2.75) is 52.6 Å². The van der Waals surface area contributed by atoms with Crippen LogP contribution >= 0.6 is 0 Å². The van der Waals surface area contributed by atoms with Gasteiger partial charge in [0.25, 0.3) is 0 Å². The minimum absolute atomic E-state index is 0.115. The Morgan fingerprint density at radius 3 is 2.42 bits per heavy atom. The van der Waals surface area contributed by atoms with Crippen molar-refractivity contribution < 1.29 is 9.53 Å². The van der Waals surface area contributed by atoms with Crippen molar-refractivity contribution >= 4 is 5.97 Å². The van der Waals surface area contributed by atoms with Gasteiger partial charge in [0.15, 0.2) is 0 Å². The number of carbonyl (C=O) groups excluding carboxylic acids is 1. The molecule has 0 spiro atoms. The lowest BCUT2D eigenvalue weighted by molar-refractivity contribution is -0.148. The normalized spacial score (nSPS) is 15.9. The fraction of sp³-hybridized carbons (Fsp3) is 0.714. The van der Waals surface area contributed by atoms with Gasteiger partial charge in [0, 0.05) is 5.69 Å². The first kappa shape index (κ1) is 15.7. The number of aromatic nitrogens is 2. The Balaban J connectivity index is 2.98. The van der Waals surface area contributed by atoms with Crippen molar-refractivity contribution in [1.82, 2.24) is 15.1 Å². The van der Waals surface area contributed by atoms with Crippen LogP contribution in [0, 0.1) is 20.8 Å². The molecule has 1 aromatic heterocycles. The van der Waals surface area contributed by atoms with E-state index in [0.717, 1.165) is 11.4 Å². The van der Waals surface area contributed by atoms with Crippen molar-refractivity contribution in [2.75, 3.05) is 14.2 Å². The van der Waals surface area contributed by atoms with E-state index in [1.165, 1.54) is 12.7 Å². The molecule has 0 radical (unpaired) electrons. The van der Waals surface area contributed by atoms with Crippen LogP contribution in [0.4, 0.5) is 0 Å². The number of aryl methyl sites for hydroxylation is 1. The molecule has 0 aliphatic rings. The van der Waals surface area contributed by atoms with Crippen LogP contribution in [0.5, 0.6) is 0 Å². The van der Waals surface area contributed by atoms with E-state index < -0.39 is 5.54 Å². The summed E-state index contributed by atoms with van der Waals surface area (Å²) in [6.07, 6.45) is 0.623. The highest BCUT2D eigenvalue weighted by molar-refractivity contribution is 5.80. The number of nitrogens with one attached hydrogen (secondary N) is 1. The third kappa shape index (κ3) is 2.97. The average Bonchev–Trinajstić information content (AvgIpc) is 2.65. The number of rotatable bonds is 5. The van der Waals surface area contributed by atoms with E-state index in [4.69, 9.17) is 4.74 Å². The minimum atomic E-state index is -0.700. The topological polar surface area (TPSA) is 56.2 Å². The molecular weight excluding hydrogens is 242 g/mol. The molecular formula is C14H25N3O2. The maximum absolute atomic E-state index is 11.9. The molecule has 2 unspecified atom stereocenters. The second-order valence-corrected chi connectivity index (χ2v) is 5.37. The number of methoxy groups -OCH3 is 1. The maximum atomic E-state index is 11.9. The van der Waals surface area contributed by atoms with Gasteiger partial charge in [0.05, 0.1) is 18.8 Å². The Hall–Kier alpha value is -1.36. The second kappa shape index (κ2) is 5.74. The van der Waals surface area contributed by atoms with Crippen LogP contribution < -0.4 is 5.32 Å². The Bertz CT molecular complexity index is 468. The molecule has 0 saturated carbocycles. The third-order valence-electron chi connectivity index (χ3n) is 4.00. The van der Waals surface area contributed by atoms with Gasteiger partial charge in [0.2, 0.25) is 0 Å². The third-order valence-corrected chi connectivity index (χ3v) is 4.00. The van der Waals surface area contributed by atoms with E-state index in [-0.39, 0.29) is 12.0 Å². The zero-order valence-electron chi connectivity index (χ0n) is 13.0. The van der Waals surface area contributed by atoms with Gasteiger partial charge in [-0.25, -0.2) is 0 Å².